The van der Waals surface area contributed by atoms with Crippen molar-refractivity contribution in [2.75, 3.05) is 24.5 Å². The maximum atomic E-state index is 11.5. The van der Waals surface area contributed by atoms with Crippen molar-refractivity contribution in [2.45, 2.75) is 46.8 Å². The molecule has 1 heterocycles. The lowest BCUT2D eigenvalue weighted by Gasteiger charge is -2.19. The van der Waals surface area contributed by atoms with Crippen LogP contribution in [0.25, 0.3) is 0 Å². The number of esters is 1. The molecule has 1 rings (SSSR count). The predicted octanol–water partition coefficient (Wildman–Crippen LogP) is 2.42. The number of nitrogens with zero attached hydrogens (tertiary/aromatic N) is 2. The fourth-order valence-corrected chi connectivity index (χ4v) is 2.69. The van der Waals surface area contributed by atoms with Crippen molar-refractivity contribution in [3.8, 4) is 0 Å². The van der Waals surface area contributed by atoms with E-state index in [0.717, 1.165) is 23.1 Å². The Balaban J connectivity index is 2.38. The molecular weight excluding hydrogens is 274 g/mol. The number of thiazole rings is 1. The van der Waals surface area contributed by atoms with Crippen LogP contribution in [0.5, 0.6) is 0 Å². The summed E-state index contributed by atoms with van der Waals surface area (Å²) in [6.07, 6.45) is 1.86. The first-order valence-corrected chi connectivity index (χ1v) is 7.79. The van der Waals surface area contributed by atoms with Crippen LogP contribution in [0.2, 0.25) is 0 Å². The number of carbonyl (C=O) groups is 1. The fraction of sp³-hybridized carbons (Fsp3) is 0.714. The van der Waals surface area contributed by atoms with Gasteiger partial charge in [-0.2, -0.15) is 0 Å². The topological polar surface area (TPSA) is 54.5 Å². The van der Waals surface area contributed by atoms with E-state index in [1.54, 1.807) is 11.3 Å². The van der Waals surface area contributed by atoms with Crippen LogP contribution in [-0.4, -0.2) is 36.2 Å². The first-order valence-electron chi connectivity index (χ1n) is 6.98. The van der Waals surface area contributed by atoms with Gasteiger partial charge in [0.05, 0.1) is 6.54 Å². The summed E-state index contributed by atoms with van der Waals surface area (Å²) >= 11 is 1.66. The number of nitrogens with one attached hydrogen (secondary N) is 1. The molecule has 0 radical (unpaired) electrons. The summed E-state index contributed by atoms with van der Waals surface area (Å²) in [6, 6.07) is 0. The number of anilines is 1. The van der Waals surface area contributed by atoms with Crippen LogP contribution in [0.4, 0.5) is 5.13 Å². The molecule has 0 saturated carbocycles. The summed E-state index contributed by atoms with van der Waals surface area (Å²) in [5.74, 6) is -0.231. The second-order valence-corrected chi connectivity index (χ2v) is 6.57. The molecule has 0 aromatic carbocycles. The third-order valence-electron chi connectivity index (χ3n) is 2.56. The summed E-state index contributed by atoms with van der Waals surface area (Å²) in [6.45, 7) is 12.6. The number of carbonyl (C=O) groups excluding carboxylic acids is 1. The van der Waals surface area contributed by atoms with E-state index in [1.165, 1.54) is 0 Å². The van der Waals surface area contributed by atoms with E-state index < -0.39 is 5.60 Å². The summed E-state index contributed by atoms with van der Waals surface area (Å²) in [5, 5.41) is 4.12. The van der Waals surface area contributed by atoms with Gasteiger partial charge >= 0.3 is 5.97 Å². The first-order chi connectivity index (χ1) is 9.35. The van der Waals surface area contributed by atoms with Gasteiger partial charge in [0.15, 0.2) is 5.13 Å². The highest BCUT2D eigenvalue weighted by Crippen LogP contribution is 2.21. The molecule has 0 aliphatic heterocycles. The molecule has 5 nitrogen and oxygen atoms in total. The monoisotopic (exact) mass is 299 g/mol. The molecule has 0 fully saturated rings. The Kier molecular flexibility index (Phi) is 6.42. The van der Waals surface area contributed by atoms with E-state index in [9.17, 15) is 4.79 Å². The molecule has 114 valence electrons. The van der Waals surface area contributed by atoms with Crippen molar-refractivity contribution < 1.29 is 9.53 Å². The zero-order valence-corrected chi connectivity index (χ0v) is 13.8. The number of hydrogen-bond donors (Lipinski definition) is 1. The molecule has 0 bridgehead atoms. The summed E-state index contributed by atoms with van der Waals surface area (Å²) in [7, 11) is 0. The summed E-state index contributed by atoms with van der Waals surface area (Å²) in [5.41, 5.74) is -0.431. The lowest BCUT2D eigenvalue weighted by molar-refractivity contribution is -0.153. The highest BCUT2D eigenvalue weighted by molar-refractivity contribution is 7.15. The van der Waals surface area contributed by atoms with E-state index in [0.29, 0.717) is 6.54 Å². The van der Waals surface area contributed by atoms with E-state index in [-0.39, 0.29) is 12.5 Å². The number of hydrogen-bond acceptors (Lipinski definition) is 6. The standard InChI is InChI=1S/C14H25N3O2S/c1-6-17(7-2)13-16-9-11(20-13)8-15-10-12(18)19-14(3,4)5/h9,15H,6-8,10H2,1-5H3. The van der Waals surface area contributed by atoms with E-state index in [1.807, 2.05) is 27.0 Å². The molecule has 0 aliphatic carbocycles. The van der Waals surface area contributed by atoms with Gasteiger partial charge in [0.1, 0.15) is 5.60 Å². The maximum absolute atomic E-state index is 11.5. The minimum absolute atomic E-state index is 0.218. The van der Waals surface area contributed by atoms with Crippen molar-refractivity contribution >= 4 is 22.4 Å². The quantitative estimate of drug-likeness (QED) is 0.784. The van der Waals surface area contributed by atoms with E-state index in [2.05, 4.69) is 29.0 Å². The minimum atomic E-state index is -0.431. The third-order valence-corrected chi connectivity index (χ3v) is 3.62. The first kappa shape index (κ1) is 16.9. The van der Waals surface area contributed by atoms with Gasteiger partial charge in [0, 0.05) is 30.7 Å². The van der Waals surface area contributed by atoms with Crippen LogP contribution in [0, 0.1) is 0 Å². The normalized spacial score (nSPS) is 11.4. The van der Waals surface area contributed by atoms with Crippen LogP contribution in [0.3, 0.4) is 0 Å². The van der Waals surface area contributed by atoms with Crippen LogP contribution >= 0.6 is 11.3 Å². The Morgan fingerprint density at radius 3 is 2.60 bits per heavy atom. The Labute approximate surface area is 125 Å². The van der Waals surface area contributed by atoms with Crippen LogP contribution < -0.4 is 10.2 Å². The van der Waals surface area contributed by atoms with E-state index >= 15 is 0 Å². The molecule has 20 heavy (non-hydrogen) atoms. The highest BCUT2D eigenvalue weighted by atomic mass is 32.1. The van der Waals surface area contributed by atoms with Gasteiger partial charge in [0.2, 0.25) is 0 Å². The Morgan fingerprint density at radius 2 is 2.05 bits per heavy atom. The van der Waals surface area contributed by atoms with Crippen molar-refractivity contribution in [3.05, 3.63) is 11.1 Å². The lowest BCUT2D eigenvalue weighted by Crippen LogP contribution is -2.31. The van der Waals surface area contributed by atoms with Gasteiger partial charge in [-0.05, 0) is 34.6 Å². The molecule has 0 saturated heterocycles. The van der Waals surface area contributed by atoms with Gasteiger partial charge < -0.3 is 15.0 Å². The zero-order valence-electron chi connectivity index (χ0n) is 13.0. The van der Waals surface area contributed by atoms with Crippen LogP contribution in [-0.2, 0) is 16.1 Å². The fourth-order valence-electron chi connectivity index (χ4n) is 1.68. The predicted molar refractivity (Wildman–Crippen MR) is 83.2 cm³/mol. The van der Waals surface area contributed by atoms with Crippen LogP contribution in [0.1, 0.15) is 39.5 Å². The van der Waals surface area contributed by atoms with Gasteiger partial charge in [-0.3, -0.25) is 4.79 Å². The average molecular weight is 299 g/mol. The van der Waals surface area contributed by atoms with E-state index in [4.69, 9.17) is 4.74 Å². The Morgan fingerprint density at radius 1 is 1.40 bits per heavy atom. The van der Waals surface area contributed by atoms with Gasteiger partial charge in [-0.1, -0.05) is 0 Å². The zero-order chi connectivity index (χ0) is 15.2. The Bertz CT molecular complexity index is 422. The molecule has 0 unspecified atom stereocenters. The van der Waals surface area contributed by atoms with Gasteiger partial charge in [0.25, 0.3) is 0 Å². The molecule has 0 aliphatic rings. The Hall–Kier alpha value is -1.14. The molecule has 0 amide bonds. The second-order valence-electron chi connectivity index (χ2n) is 5.47. The molecule has 6 heteroatoms. The molecule has 1 N–H and O–H groups in total. The van der Waals surface area contributed by atoms with Gasteiger partial charge in [-0.25, -0.2) is 4.98 Å². The largest absolute Gasteiger partial charge is 0.459 e. The molecule has 1 aromatic heterocycles. The molecule has 1 aromatic rings. The second kappa shape index (κ2) is 7.59. The number of aromatic nitrogens is 1. The summed E-state index contributed by atoms with van der Waals surface area (Å²) < 4.78 is 5.23. The highest BCUT2D eigenvalue weighted by Gasteiger charge is 2.15. The van der Waals surface area contributed by atoms with Gasteiger partial charge in [-0.15, -0.1) is 11.3 Å². The number of ether oxygens (including phenoxy) is 1. The molecular formula is C14H25N3O2S. The molecule has 0 spiro atoms. The van der Waals surface area contributed by atoms with Crippen molar-refractivity contribution in [1.82, 2.24) is 10.3 Å². The minimum Gasteiger partial charge on any atom is -0.459 e. The third kappa shape index (κ3) is 5.88. The number of rotatable bonds is 7. The van der Waals surface area contributed by atoms with Crippen LogP contribution in [0.15, 0.2) is 6.20 Å². The van der Waals surface area contributed by atoms with Crippen molar-refractivity contribution in [3.63, 3.8) is 0 Å². The smallest absolute Gasteiger partial charge is 0.320 e. The average Bonchev–Trinajstić information content (AvgIpc) is 2.77. The lowest BCUT2D eigenvalue weighted by atomic mass is 10.2. The SMILES string of the molecule is CCN(CC)c1ncc(CNCC(=O)OC(C)(C)C)s1. The van der Waals surface area contributed by atoms with Crippen molar-refractivity contribution in [1.29, 1.82) is 0 Å². The van der Waals surface area contributed by atoms with Crippen molar-refractivity contribution in [2.24, 2.45) is 0 Å². The molecule has 0 atom stereocenters. The summed E-state index contributed by atoms with van der Waals surface area (Å²) in [4.78, 5) is 19.3. The maximum Gasteiger partial charge on any atom is 0.320 e.